The van der Waals surface area contributed by atoms with Gasteiger partial charge in [0.05, 0.1) is 0 Å². The molecule has 0 aliphatic carbocycles. The van der Waals surface area contributed by atoms with Crippen molar-refractivity contribution in [2.75, 3.05) is 14.2 Å². The average Bonchev–Trinajstić information content (AvgIpc) is 2.74. The fraction of sp³-hybridized carbons (Fsp3) is 0.143. The van der Waals surface area contributed by atoms with Gasteiger partial charge in [0, 0.05) is 14.2 Å². The molecule has 0 fully saturated rings. The zero-order chi connectivity index (χ0) is 18.5. The summed E-state index contributed by atoms with van der Waals surface area (Å²) in [4.78, 5) is 0. The molecule has 0 bridgehead atoms. The molecule has 0 aliphatic heterocycles. The van der Waals surface area contributed by atoms with Gasteiger partial charge in [0.15, 0.2) is 0 Å². The Bertz CT molecular complexity index is 776. The number of rotatable bonds is 7. The van der Waals surface area contributed by atoms with Crippen LogP contribution in [0.25, 0.3) is 0 Å². The lowest BCUT2D eigenvalue weighted by Gasteiger charge is -2.39. The molecule has 0 amide bonds. The molecule has 3 nitrogen and oxygen atoms in total. The topological polar surface area (TPSA) is 30.5 Å². The second kappa shape index (κ2) is 8.11. The van der Waals surface area contributed by atoms with Gasteiger partial charge in [-0.25, -0.2) is 0 Å². The Hall–Kier alpha value is -2.03. The summed E-state index contributed by atoms with van der Waals surface area (Å²) >= 11 is 0. The van der Waals surface area contributed by atoms with E-state index in [1.807, 2.05) is 18.2 Å². The van der Waals surface area contributed by atoms with Crippen LogP contribution in [-0.2, 0) is 8.85 Å². The molecule has 1 atom stereocenters. The van der Waals surface area contributed by atoms with Crippen LogP contribution in [-0.4, -0.2) is 31.2 Å². The van der Waals surface area contributed by atoms with Crippen LogP contribution in [0.3, 0.4) is 0 Å². The van der Waals surface area contributed by atoms with E-state index in [-0.39, 0.29) is 0 Å². The lowest BCUT2D eigenvalue weighted by atomic mass is 10.4. The van der Waals surface area contributed by atoms with Crippen molar-refractivity contribution in [2.24, 2.45) is 0 Å². The SMILES string of the molecule is CO[Si](C)(N[Si](OC)(c1ccccc1)c1ccccc1)c1ccccc1. The third-order valence-electron chi connectivity index (χ3n) is 4.81. The van der Waals surface area contributed by atoms with Crippen molar-refractivity contribution in [2.45, 2.75) is 6.55 Å². The molecule has 0 aromatic heterocycles. The second-order valence-corrected chi connectivity index (χ2v) is 13.3. The van der Waals surface area contributed by atoms with E-state index in [0.29, 0.717) is 0 Å². The number of nitrogens with one attached hydrogen (secondary N) is 1. The summed E-state index contributed by atoms with van der Waals surface area (Å²) in [5.74, 6) is 0. The van der Waals surface area contributed by atoms with Crippen LogP contribution in [0.4, 0.5) is 0 Å². The van der Waals surface area contributed by atoms with E-state index in [9.17, 15) is 0 Å². The Morgan fingerprint density at radius 2 is 0.962 bits per heavy atom. The van der Waals surface area contributed by atoms with Crippen molar-refractivity contribution in [1.29, 1.82) is 0 Å². The molecule has 0 aliphatic rings. The van der Waals surface area contributed by atoms with E-state index in [4.69, 9.17) is 8.85 Å². The van der Waals surface area contributed by atoms with Crippen molar-refractivity contribution in [3.8, 4) is 0 Å². The molecule has 3 aromatic carbocycles. The molecule has 1 N–H and O–H groups in total. The molecule has 0 heterocycles. The highest BCUT2D eigenvalue weighted by molar-refractivity contribution is 7.05. The standard InChI is InChI=1S/C21H25NO2Si2/c1-23-25(3,19-13-7-4-8-14-19)22-26(24-2,20-15-9-5-10-16-20)21-17-11-6-12-18-21/h4-18,22H,1-3H3. The van der Waals surface area contributed by atoms with Crippen LogP contribution < -0.4 is 20.2 Å². The van der Waals surface area contributed by atoms with E-state index >= 15 is 0 Å². The number of hydrogen-bond acceptors (Lipinski definition) is 3. The smallest absolute Gasteiger partial charge is 0.331 e. The Kier molecular flexibility index (Phi) is 5.85. The molecule has 5 heteroatoms. The van der Waals surface area contributed by atoms with E-state index < -0.39 is 17.0 Å². The van der Waals surface area contributed by atoms with Crippen LogP contribution in [0.5, 0.6) is 0 Å². The van der Waals surface area contributed by atoms with Crippen LogP contribution >= 0.6 is 0 Å². The van der Waals surface area contributed by atoms with Gasteiger partial charge in [0.25, 0.3) is 8.48 Å². The van der Waals surface area contributed by atoms with Gasteiger partial charge in [-0.3, -0.25) is 0 Å². The highest BCUT2D eigenvalue weighted by atomic mass is 28.4. The lowest BCUT2D eigenvalue weighted by Crippen LogP contribution is -2.80. The lowest BCUT2D eigenvalue weighted by molar-refractivity contribution is 0.383. The summed E-state index contributed by atoms with van der Waals surface area (Å²) in [5, 5.41) is 3.56. The van der Waals surface area contributed by atoms with Crippen molar-refractivity contribution in [1.82, 2.24) is 4.65 Å². The highest BCUT2D eigenvalue weighted by Gasteiger charge is 2.47. The second-order valence-electron chi connectivity index (χ2n) is 6.35. The molecule has 3 rings (SSSR count). The van der Waals surface area contributed by atoms with Gasteiger partial charge < -0.3 is 13.5 Å². The molecule has 0 saturated heterocycles. The van der Waals surface area contributed by atoms with Crippen molar-refractivity contribution >= 4 is 32.5 Å². The fourth-order valence-corrected chi connectivity index (χ4v) is 11.7. The highest BCUT2D eigenvalue weighted by Crippen LogP contribution is 2.10. The van der Waals surface area contributed by atoms with Gasteiger partial charge in [-0.15, -0.1) is 0 Å². The van der Waals surface area contributed by atoms with Gasteiger partial charge in [-0.2, -0.15) is 0 Å². The van der Waals surface area contributed by atoms with Gasteiger partial charge in [0.1, 0.15) is 0 Å². The number of hydrogen-bond donors (Lipinski definition) is 1. The quantitative estimate of drug-likeness (QED) is 0.638. The van der Waals surface area contributed by atoms with Crippen LogP contribution in [0.15, 0.2) is 91.0 Å². The molecule has 3 aromatic rings. The average molecular weight is 380 g/mol. The zero-order valence-corrected chi connectivity index (χ0v) is 17.5. The Morgan fingerprint density at radius 3 is 1.31 bits per heavy atom. The summed E-state index contributed by atoms with van der Waals surface area (Å²) in [7, 11) is -1.52. The third-order valence-corrected chi connectivity index (χ3v) is 13.3. The first-order valence-corrected chi connectivity index (χ1v) is 13.0. The van der Waals surface area contributed by atoms with Crippen molar-refractivity contribution in [3.05, 3.63) is 91.0 Å². The van der Waals surface area contributed by atoms with Crippen molar-refractivity contribution in [3.63, 3.8) is 0 Å². The minimum absolute atomic E-state index is 1.18. The first-order valence-electron chi connectivity index (χ1n) is 8.71. The van der Waals surface area contributed by atoms with Crippen LogP contribution in [0.2, 0.25) is 6.55 Å². The first-order chi connectivity index (χ1) is 12.6. The van der Waals surface area contributed by atoms with E-state index in [1.54, 1.807) is 14.2 Å². The molecule has 134 valence electrons. The van der Waals surface area contributed by atoms with E-state index in [2.05, 4.69) is 84.0 Å². The summed E-state index contributed by atoms with van der Waals surface area (Å²) in [6.07, 6.45) is 0. The maximum atomic E-state index is 6.31. The molecule has 0 spiro atoms. The summed E-state index contributed by atoms with van der Waals surface area (Å²) in [6.45, 7) is 2.19. The molecule has 1 unspecified atom stereocenters. The summed E-state index contributed by atoms with van der Waals surface area (Å²) in [6, 6.07) is 31.3. The Morgan fingerprint density at radius 1 is 0.577 bits per heavy atom. The number of benzene rings is 3. The Balaban J connectivity index is 2.15. The predicted molar refractivity (Wildman–Crippen MR) is 113 cm³/mol. The summed E-state index contributed by atoms with van der Waals surface area (Å²) < 4.78 is 16.3. The normalized spacial score (nSPS) is 14.0. The van der Waals surface area contributed by atoms with Gasteiger partial charge >= 0.3 is 8.48 Å². The third kappa shape index (κ3) is 3.58. The summed E-state index contributed by atoms with van der Waals surface area (Å²) in [5.41, 5.74) is 0. The molecular weight excluding hydrogens is 354 g/mol. The van der Waals surface area contributed by atoms with E-state index in [1.165, 1.54) is 15.6 Å². The first kappa shape index (κ1) is 18.8. The van der Waals surface area contributed by atoms with Crippen LogP contribution in [0, 0.1) is 0 Å². The zero-order valence-electron chi connectivity index (χ0n) is 15.5. The molecule has 0 saturated carbocycles. The van der Waals surface area contributed by atoms with Gasteiger partial charge in [-0.1, -0.05) is 91.0 Å². The monoisotopic (exact) mass is 379 g/mol. The largest absolute Gasteiger partial charge is 0.403 e. The minimum atomic E-state index is -2.67. The minimum Gasteiger partial charge on any atom is -0.403 e. The van der Waals surface area contributed by atoms with E-state index in [0.717, 1.165) is 0 Å². The predicted octanol–water partition coefficient (Wildman–Crippen LogP) is 2.10. The van der Waals surface area contributed by atoms with Gasteiger partial charge in [0.2, 0.25) is 0 Å². The maximum Gasteiger partial charge on any atom is 0.331 e. The van der Waals surface area contributed by atoms with Crippen LogP contribution in [0.1, 0.15) is 0 Å². The molecular formula is C21H25NO2Si2. The van der Waals surface area contributed by atoms with Crippen molar-refractivity contribution < 1.29 is 8.85 Å². The maximum absolute atomic E-state index is 6.31. The fourth-order valence-electron chi connectivity index (χ4n) is 3.28. The molecule has 0 radical (unpaired) electrons. The molecule has 26 heavy (non-hydrogen) atoms. The van der Waals surface area contributed by atoms with Gasteiger partial charge in [-0.05, 0) is 22.1 Å². The Labute approximate surface area is 158 Å².